The van der Waals surface area contributed by atoms with Crippen LogP contribution in [0.5, 0.6) is 0 Å². The van der Waals surface area contributed by atoms with Gasteiger partial charge in [0.15, 0.2) is 5.79 Å². The molecule has 1 aliphatic rings. The molecule has 1 saturated heterocycles. The number of rotatable bonds is 6. The molecule has 0 atom stereocenters. The molecule has 8 heteroatoms. The number of hydrogen-bond acceptors (Lipinski definition) is 4. The van der Waals surface area contributed by atoms with Crippen molar-refractivity contribution in [2.24, 2.45) is 5.10 Å². The molecule has 1 N–H and O–H groups in total. The van der Waals surface area contributed by atoms with Crippen molar-refractivity contribution in [3.8, 4) is 0 Å². The quantitative estimate of drug-likeness (QED) is 0.445. The fraction of sp³-hybridized carbons (Fsp3) is 0.273. The van der Waals surface area contributed by atoms with Gasteiger partial charge in [-0.05, 0) is 30.7 Å². The number of ether oxygens (including phenoxy) is 2. The third kappa shape index (κ3) is 4.68. The fourth-order valence-electron chi connectivity index (χ4n) is 3.51. The Morgan fingerprint density at radius 2 is 2.00 bits per heavy atom. The number of carbonyl (C=O) groups excluding carboxylic acids is 1. The van der Waals surface area contributed by atoms with Crippen LogP contribution in [0, 0.1) is 0 Å². The van der Waals surface area contributed by atoms with Crippen molar-refractivity contribution < 1.29 is 14.3 Å². The minimum atomic E-state index is -0.881. The summed E-state index contributed by atoms with van der Waals surface area (Å²) in [6, 6.07) is 13.5. The molecule has 156 valence electrons. The Morgan fingerprint density at radius 3 is 2.77 bits per heavy atom. The van der Waals surface area contributed by atoms with Gasteiger partial charge in [0, 0.05) is 39.3 Å². The van der Waals surface area contributed by atoms with Crippen molar-refractivity contribution in [1.29, 1.82) is 0 Å². The van der Waals surface area contributed by atoms with Gasteiger partial charge >= 0.3 is 0 Å². The van der Waals surface area contributed by atoms with E-state index in [4.69, 9.17) is 32.7 Å². The lowest BCUT2D eigenvalue weighted by atomic mass is 10.2. The van der Waals surface area contributed by atoms with Crippen LogP contribution in [0.4, 0.5) is 0 Å². The van der Waals surface area contributed by atoms with Crippen molar-refractivity contribution in [2.45, 2.75) is 25.7 Å². The van der Waals surface area contributed by atoms with E-state index in [1.807, 2.05) is 42.6 Å². The van der Waals surface area contributed by atoms with Gasteiger partial charge in [0.2, 0.25) is 5.91 Å². The SMILES string of the molecule is CC1(CC(=O)N/N=C\c2cn(Cc3ccc(Cl)cc3Cl)c3ccccc23)OCCO1. The molecule has 3 aromatic rings. The van der Waals surface area contributed by atoms with Crippen LogP contribution in [-0.4, -0.2) is 35.7 Å². The Bertz CT molecular complexity index is 1100. The highest BCUT2D eigenvalue weighted by molar-refractivity contribution is 6.35. The van der Waals surface area contributed by atoms with Gasteiger partial charge in [-0.15, -0.1) is 0 Å². The zero-order chi connectivity index (χ0) is 21.1. The maximum Gasteiger partial charge on any atom is 0.245 e. The molecular weight excluding hydrogens is 425 g/mol. The summed E-state index contributed by atoms with van der Waals surface area (Å²) in [4.78, 5) is 12.2. The first-order chi connectivity index (χ1) is 14.4. The van der Waals surface area contributed by atoms with E-state index in [0.717, 1.165) is 22.0 Å². The maximum atomic E-state index is 12.2. The van der Waals surface area contributed by atoms with Crippen LogP contribution in [0.3, 0.4) is 0 Å². The molecule has 0 aliphatic carbocycles. The van der Waals surface area contributed by atoms with Gasteiger partial charge in [0.05, 0.1) is 25.8 Å². The molecule has 1 aliphatic heterocycles. The van der Waals surface area contributed by atoms with E-state index in [2.05, 4.69) is 15.1 Å². The average Bonchev–Trinajstić information content (AvgIpc) is 3.28. The summed E-state index contributed by atoms with van der Waals surface area (Å²) in [6.45, 7) is 3.32. The Labute approximate surface area is 184 Å². The highest BCUT2D eigenvalue weighted by Gasteiger charge is 2.33. The van der Waals surface area contributed by atoms with E-state index in [0.29, 0.717) is 29.8 Å². The summed E-state index contributed by atoms with van der Waals surface area (Å²) in [5.41, 5.74) is 5.43. The summed E-state index contributed by atoms with van der Waals surface area (Å²) in [6.07, 6.45) is 3.70. The largest absolute Gasteiger partial charge is 0.347 e. The second-order valence-electron chi connectivity index (χ2n) is 7.27. The molecule has 0 spiro atoms. The number of hydrazone groups is 1. The summed E-state index contributed by atoms with van der Waals surface area (Å²) in [7, 11) is 0. The molecule has 6 nitrogen and oxygen atoms in total. The molecule has 0 unspecified atom stereocenters. The number of para-hydroxylation sites is 1. The standard InChI is InChI=1S/C22H21Cl2N3O3/c1-22(29-8-9-30-22)11-21(28)26-25-12-16-14-27(20-5-3-2-4-18(16)20)13-15-6-7-17(23)10-19(15)24/h2-7,10,12,14H,8-9,11,13H2,1H3,(H,26,28)/b25-12-. The Kier molecular flexibility index (Phi) is 6.11. The van der Waals surface area contributed by atoms with Crippen molar-refractivity contribution in [3.05, 3.63) is 69.8 Å². The highest BCUT2D eigenvalue weighted by atomic mass is 35.5. The average molecular weight is 446 g/mol. The molecule has 2 aromatic carbocycles. The van der Waals surface area contributed by atoms with Crippen molar-refractivity contribution in [3.63, 3.8) is 0 Å². The van der Waals surface area contributed by atoms with Gasteiger partial charge in [-0.2, -0.15) is 5.10 Å². The number of benzene rings is 2. The smallest absolute Gasteiger partial charge is 0.245 e. The van der Waals surface area contributed by atoms with Crippen LogP contribution in [0.1, 0.15) is 24.5 Å². The summed E-state index contributed by atoms with van der Waals surface area (Å²) in [5, 5.41) is 6.37. The molecule has 1 fully saturated rings. The second kappa shape index (κ2) is 8.78. The molecule has 0 radical (unpaired) electrons. The first-order valence-electron chi connectivity index (χ1n) is 9.55. The molecule has 2 heterocycles. The maximum absolute atomic E-state index is 12.2. The second-order valence-corrected chi connectivity index (χ2v) is 8.11. The minimum absolute atomic E-state index is 0.0845. The first-order valence-corrected chi connectivity index (χ1v) is 10.3. The third-order valence-electron chi connectivity index (χ3n) is 4.95. The zero-order valence-corrected chi connectivity index (χ0v) is 17.9. The number of fused-ring (bicyclic) bond motifs is 1. The van der Waals surface area contributed by atoms with Gasteiger partial charge in [-0.3, -0.25) is 4.79 Å². The highest BCUT2D eigenvalue weighted by Crippen LogP contribution is 2.26. The number of aromatic nitrogens is 1. The van der Waals surface area contributed by atoms with Crippen LogP contribution in [0.2, 0.25) is 10.0 Å². The van der Waals surface area contributed by atoms with Gasteiger partial charge in [-0.25, -0.2) is 5.43 Å². The first kappa shape index (κ1) is 20.9. The van der Waals surface area contributed by atoms with E-state index >= 15 is 0 Å². The fourth-order valence-corrected chi connectivity index (χ4v) is 3.97. The molecule has 0 bridgehead atoms. The lowest BCUT2D eigenvalue weighted by molar-refractivity contribution is -0.159. The van der Waals surface area contributed by atoms with Gasteiger partial charge in [-0.1, -0.05) is 47.5 Å². The van der Waals surface area contributed by atoms with E-state index in [-0.39, 0.29) is 12.3 Å². The van der Waals surface area contributed by atoms with Crippen LogP contribution >= 0.6 is 23.2 Å². The predicted molar refractivity (Wildman–Crippen MR) is 118 cm³/mol. The van der Waals surface area contributed by atoms with Gasteiger partial charge < -0.3 is 14.0 Å². The summed E-state index contributed by atoms with van der Waals surface area (Å²) >= 11 is 12.3. The third-order valence-corrected chi connectivity index (χ3v) is 5.53. The number of carbonyl (C=O) groups is 1. The molecule has 4 rings (SSSR count). The zero-order valence-electron chi connectivity index (χ0n) is 16.4. The number of nitrogens with zero attached hydrogens (tertiary/aromatic N) is 2. The van der Waals surface area contributed by atoms with E-state index in [9.17, 15) is 4.79 Å². The molecule has 0 saturated carbocycles. The minimum Gasteiger partial charge on any atom is -0.347 e. The normalized spacial score (nSPS) is 15.8. The summed E-state index contributed by atoms with van der Waals surface area (Å²) in [5.74, 6) is -1.15. The van der Waals surface area contributed by atoms with Crippen LogP contribution in [0.15, 0.2) is 53.8 Å². The lowest BCUT2D eigenvalue weighted by Gasteiger charge is -2.20. The van der Waals surface area contributed by atoms with Crippen LogP contribution in [0.25, 0.3) is 10.9 Å². The molecule has 1 aromatic heterocycles. The Balaban J connectivity index is 1.51. The lowest BCUT2D eigenvalue weighted by Crippen LogP contribution is -2.33. The van der Waals surface area contributed by atoms with E-state index in [1.165, 1.54) is 0 Å². The van der Waals surface area contributed by atoms with Gasteiger partial charge in [0.1, 0.15) is 0 Å². The molecule has 30 heavy (non-hydrogen) atoms. The number of amides is 1. The predicted octanol–water partition coefficient (Wildman–Crippen LogP) is 4.60. The Hall–Kier alpha value is -2.38. The molecular formula is C22H21Cl2N3O3. The van der Waals surface area contributed by atoms with E-state index < -0.39 is 5.79 Å². The van der Waals surface area contributed by atoms with Gasteiger partial charge in [0.25, 0.3) is 0 Å². The van der Waals surface area contributed by atoms with Crippen LogP contribution < -0.4 is 5.43 Å². The topological polar surface area (TPSA) is 64.9 Å². The van der Waals surface area contributed by atoms with Crippen molar-refractivity contribution in [2.75, 3.05) is 13.2 Å². The Morgan fingerprint density at radius 1 is 1.23 bits per heavy atom. The van der Waals surface area contributed by atoms with Crippen molar-refractivity contribution in [1.82, 2.24) is 9.99 Å². The number of halogens is 2. The summed E-state index contributed by atoms with van der Waals surface area (Å²) < 4.78 is 13.0. The molecule has 1 amide bonds. The van der Waals surface area contributed by atoms with Crippen LogP contribution in [-0.2, 0) is 20.8 Å². The monoisotopic (exact) mass is 445 g/mol. The number of nitrogens with one attached hydrogen (secondary N) is 1. The number of hydrogen-bond donors (Lipinski definition) is 1. The van der Waals surface area contributed by atoms with E-state index in [1.54, 1.807) is 19.2 Å². The van der Waals surface area contributed by atoms with Crippen molar-refractivity contribution >= 4 is 46.2 Å².